The van der Waals surface area contributed by atoms with Crippen molar-refractivity contribution in [3.8, 4) is 0 Å². The number of thiazole rings is 1. The minimum absolute atomic E-state index is 0.0738. The van der Waals surface area contributed by atoms with Crippen LogP contribution >= 0.6 is 11.3 Å². The quantitative estimate of drug-likeness (QED) is 0.845. The normalized spacial score (nSPS) is 14.4. The van der Waals surface area contributed by atoms with Gasteiger partial charge in [-0.2, -0.15) is 0 Å². The zero-order valence-corrected chi connectivity index (χ0v) is 13.8. The molecular weight excluding hydrogens is 282 g/mol. The van der Waals surface area contributed by atoms with E-state index in [1.54, 1.807) is 6.92 Å². The Labute approximate surface area is 119 Å². The first-order chi connectivity index (χ1) is 8.66. The molecular formula is C12H23N3O2S2. The Morgan fingerprint density at radius 2 is 2.05 bits per heavy atom. The fourth-order valence-electron chi connectivity index (χ4n) is 1.34. The molecule has 0 bridgehead atoms. The summed E-state index contributed by atoms with van der Waals surface area (Å²) in [5.41, 5.74) is 0.824. The molecule has 0 spiro atoms. The highest BCUT2D eigenvalue weighted by molar-refractivity contribution is 7.93. The maximum absolute atomic E-state index is 12.1. The van der Waals surface area contributed by atoms with Gasteiger partial charge in [0.25, 0.3) is 0 Å². The summed E-state index contributed by atoms with van der Waals surface area (Å²) in [6.45, 7) is 11.0. The number of nitrogens with one attached hydrogen (secondary N) is 2. The highest BCUT2D eigenvalue weighted by atomic mass is 32.2. The van der Waals surface area contributed by atoms with Crippen LogP contribution in [-0.2, 0) is 15.4 Å². The Balaban J connectivity index is 2.76. The Kier molecular flexibility index (Phi) is 5.34. The third kappa shape index (κ3) is 4.74. The molecule has 2 N–H and O–H groups in total. The molecule has 0 aromatic carbocycles. The van der Waals surface area contributed by atoms with Crippen LogP contribution in [-0.4, -0.2) is 31.7 Å². The zero-order chi connectivity index (χ0) is 14.7. The smallest absolute Gasteiger partial charge is 0.238 e. The maximum atomic E-state index is 12.1. The Morgan fingerprint density at radius 3 is 2.53 bits per heavy atom. The highest BCUT2D eigenvalue weighted by Gasteiger charge is 2.23. The van der Waals surface area contributed by atoms with Gasteiger partial charge in [-0.05, 0) is 13.5 Å². The van der Waals surface area contributed by atoms with E-state index in [0.29, 0.717) is 11.7 Å². The van der Waals surface area contributed by atoms with Gasteiger partial charge in [0, 0.05) is 17.3 Å². The number of rotatable bonds is 6. The molecule has 0 amide bonds. The van der Waals surface area contributed by atoms with Crippen LogP contribution < -0.4 is 10.0 Å². The number of hydrogen-bond donors (Lipinski definition) is 2. The molecule has 0 saturated heterocycles. The van der Waals surface area contributed by atoms with Crippen LogP contribution in [0.2, 0.25) is 0 Å². The van der Waals surface area contributed by atoms with Crippen molar-refractivity contribution in [3.05, 3.63) is 11.1 Å². The fourth-order valence-corrected chi connectivity index (χ4v) is 3.49. The van der Waals surface area contributed by atoms with Crippen molar-refractivity contribution in [2.24, 2.45) is 0 Å². The zero-order valence-electron chi connectivity index (χ0n) is 12.1. The lowest BCUT2D eigenvalue weighted by Crippen LogP contribution is -2.34. The minimum atomic E-state index is -3.38. The van der Waals surface area contributed by atoms with Crippen molar-refractivity contribution in [1.82, 2.24) is 10.3 Å². The van der Waals surface area contributed by atoms with E-state index in [9.17, 15) is 8.42 Å². The second-order valence-corrected chi connectivity index (χ2v) is 8.51. The molecule has 0 aliphatic carbocycles. The van der Waals surface area contributed by atoms with Crippen molar-refractivity contribution >= 4 is 26.5 Å². The summed E-state index contributed by atoms with van der Waals surface area (Å²) in [6.07, 6.45) is 0. The van der Waals surface area contributed by atoms with Gasteiger partial charge in [-0.25, -0.2) is 13.4 Å². The van der Waals surface area contributed by atoms with Crippen LogP contribution in [0.4, 0.5) is 5.13 Å². The Morgan fingerprint density at radius 1 is 1.42 bits per heavy atom. The molecule has 0 fully saturated rings. The largest absolute Gasteiger partial charge is 0.316 e. The van der Waals surface area contributed by atoms with Gasteiger partial charge in [0.2, 0.25) is 10.0 Å². The van der Waals surface area contributed by atoms with E-state index in [1.165, 1.54) is 11.3 Å². The van der Waals surface area contributed by atoms with Crippen molar-refractivity contribution in [2.45, 2.75) is 45.3 Å². The minimum Gasteiger partial charge on any atom is -0.316 e. The molecule has 0 radical (unpaired) electrons. The fraction of sp³-hybridized carbons (Fsp3) is 0.750. The number of sulfonamides is 1. The van der Waals surface area contributed by atoms with Gasteiger partial charge in [0.1, 0.15) is 0 Å². The van der Waals surface area contributed by atoms with Gasteiger partial charge in [-0.15, -0.1) is 11.3 Å². The van der Waals surface area contributed by atoms with Gasteiger partial charge in [-0.1, -0.05) is 27.7 Å². The molecule has 7 heteroatoms. The van der Waals surface area contributed by atoms with Crippen LogP contribution in [0.15, 0.2) is 5.38 Å². The Bertz CT molecular complexity index is 503. The van der Waals surface area contributed by atoms with E-state index >= 15 is 0 Å². The molecule has 5 nitrogen and oxygen atoms in total. The monoisotopic (exact) mass is 305 g/mol. The van der Waals surface area contributed by atoms with Crippen LogP contribution in [0, 0.1) is 0 Å². The van der Waals surface area contributed by atoms with E-state index in [1.807, 2.05) is 33.1 Å². The molecule has 1 rings (SSSR count). The molecule has 0 aliphatic rings. The van der Waals surface area contributed by atoms with E-state index in [4.69, 9.17) is 0 Å². The van der Waals surface area contributed by atoms with Crippen molar-refractivity contribution in [2.75, 3.05) is 17.8 Å². The van der Waals surface area contributed by atoms with Gasteiger partial charge in [-0.3, -0.25) is 4.72 Å². The maximum Gasteiger partial charge on any atom is 0.238 e. The van der Waals surface area contributed by atoms with E-state index < -0.39 is 15.3 Å². The summed E-state index contributed by atoms with van der Waals surface area (Å²) in [5.74, 6) is 0. The summed E-state index contributed by atoms with van der Waals surface area (Å²) in [7, 11) is -3.38. The van der Waals surface area contributed by atoms with Crippen LogP contribution in [0.25, 0.3) is 0 Å². The predicted molar refractivity (Wildman–Crippen MR) is 81.4 cm³/mol. The van der Waals surface area contributed by atoms with E-state index in [2.05, 4.69) is 15.0 Å². The second kappa shape index (κ2) is 6.19. The molecule has 0 saturated carbocycles. The molecule has 19 heavy (non-hydrogen) atoms. The molecule has 110 valence electrons. The number of anilines is 1. The predicted octanol–water partition coefficient (Wildman–Crippen LogP) is 2.18. The average molecular weight is 305 g/mol. The first-order valence-corrected chi connectivity index (χ1v) is 8.77. The number of hydrogen-bond acceptors (Lipinski definition) is 5. The van der Waals surface area contributed by atoms with Crippen molar-refractivity contribution < 1.29 is 8.42 Å². The van der Waals surface area contributed by atoms with Gasteiger partial charge in [0.15, 0.2) is 5.13 Å². The average Bonchev–Trinajstić information content (AvgIpc) is 2.73. The summed E-state index contributed by atoms with van der Waals surface area (Å²) in [4.78, 5) is 4.34. The first kappa shape index (κ1) is 16.4. The van der Waals surface area contributed by atoms with Gasteiger partial charge < -0.3 is 5.32 Å². The lowest BCUT2D eigenvalue weighted by Gasteiger charge is -2.15. The number of nitrogens with zero attached hydrogens (tertiary/aromatic N) is 1. The molecule has 1 heterocycles. The molecule has 0 aliphatic heterocycles. The lowest BCUT2D eigenvalue weighted by molar-refractivity contribution is 0.572. The summed E-state index contributed by atoms with van der Waals surface area (Å²) >= 11 is 1.32. The highest BCUT2D eigenvalue weighted by Crippen LogP contribution is 2.27. The van der Waals surface area contributed by atoms with Crippen molar-refractivity contribution in [3.63, 3.8) is 0 Å². The van der Waals surface area contributed by atoms with Crippen LogP contribution in [0.1, 0.15) is 40.3 Å². The van der Waals surface area contributed by atoms with Gasteiger partial charge >= 0.3 is 0 Å². The van der Waals surface area contributed by atoms with Crippen molar-refractivity contribution in [1.29, 1.82) is 0 Å². The summed E-state index contributed by atoms with van der Waals surface area (Å²) in [5, 5.41) is 4.88. The molecule has 1 aromatic heterocycles. The van der Waals surface area contributed by atoms with E-state index in [0.717, 1.165) is 12.2 Å². The molecule has 1 unspecified atom stereocenters. The van der Waals surface area contributed by atoms with Crippen LogP contribution in [0.3, 0.4) is 0 Å². The van der Waals surface area contributed by atoms with Crippen LogP contribution in [0.5, 0.6) is 0 Å². The summed E-state index contributed by atoms with van der Waals surface area (Å²) in [6, 6.07) is 0. The SMILES string of the molecule is CCNCC(C)S(=O)(=O)Nc1nc(C(C)(C)C)cs1. The summed E-state index contributed by atoms with van der Waals surface area (Å²) < 4.78 is 26.7. The number of aromatic nitrogens is 1. The van der Waals surface area contributed by atoms with E-state index in [-0.39, 0.29) is 5.41 Å². The Hall–Kier alpha value is -0.660. The third-order valence-corrected chi connectivity index (χ3v) is 5.30. The topological polar surface area (TPSA) is 71.1 Å². The first-order valence-electron chi connectivity index (χ1n) is 6.35. The third-order valence-electron chi connectivity index (χ3n) is 2.71. The lowest BCUT2D eigenvalue weighted by atomic mass is 9.93. The second-order valence-electron chi connectivity index (χ2n) is 5.55. The molecule has 1 aromatic rings. The molecule has 1 atom stereocenters. The van der Waals surface area contributed by atoms with Gasteiger partial charge in [0.05, 0.1) is 10.9 Å². The standard InChI is InChI=1S/C12H23N3O2S2/c1-6-13-7-9(2)19(16,17)15-11-14-10(8-18-11)12(3,4)5/h8-9,13H,6-7H2,1-5H3,(H,14,15).